The van der Waals surface area contributed by atoms with Crippen molar-refractivity contribution in [2.45, 2.75) is 24.7 Å². The fraction of sp³-hybridized carbons (Fsp3) is 0.400. The van der Waals surface area contributed by atoms with Crippen molar-refractivity contribution >= 4 is 0 Å². The van der Waals surface area contributed by atoms with Gasteiger partial charge in [-0.15, -0.1) is 0 Å². The van der Waals surface area contributed by atoms with Crippen LogP contribution < -0.4 is 9.47 Å². The molecule has 1 aliphatic rings. The number of benzene rings is 2. The van der Waals surface area contributed by atoms with E-state index in [1.54, 1.807) is 24.3 Å². The zero-order valence-electron chi connectivity index (χ0n) is 15.3. The molecule has 2 unspecified atom stereocenters. The van der Waals surface area contributed by atoms with Gasteiger partial charge in [0, 0.05) is 12.3 Å². The Morgan fingerprint density at radius 1 is 1.00 bits per heavy atom. The summed E-state index contributed by atoms with van der Waals surface area (Å²) < 4.78 is 15.6. The largest absolute Gasteiger partial charge is 0.504 e. The van der Waals surface area contributed by atoms with Crippen LogP contribution >= 0.6 is 0 Å². The molecule has 1 fully saturated rings. The van der Waals surface area contributed by atoms with Crippen molar-refractivity contribution in [2.24, 2.45) is 5.92 Å². The zero-order chi connectivity index (χ0) is 19.6. The van der Waals surface area contributed by atoms with Gasteiger partial charge in [0.15, 0.2) is 29.3 Å². The fourth-order valence-corrected chi connectivity index (χ4v) is 3.46. The highest BCUT2D eigenvalue weighted by Gasteiger charge is 2.49. The summed E-state index contributed by atoms with van der Waals surface area (Å²) in [6, 6.07) is 9.75. The summed E-state index contributed by atoms with van der Waals surface area (Å²) in [6.07, 6.45) is -0.772. The van der Waals surface area contributed by atoms with Gasteiger partial charge in [0.05, 0.1) is 20.8 Å². The molecule has 1 heterocycles. The summed E-state index contributed by atoms with van der Waals surface area (Å²) in [5.41, 5.74) is 0.0339. The van der Waals surface area contributed by atoms with Gasteiger partial charge in [-0.05, 0) is 41.8 Å². The van der Waals surface area contributed by atoms with Crippen molar-refractivity contribution in [1.82, 2.24) is 0 Å². The van der Waals surface area contributed by atoms with E-state index in [0.29, 0.717) is 23.5 Å². The summed E-state index contributed by atoms with van der Waals surface area (Å²) in [7, 11) is 2.91. The Labute approximate surface area is 157 Å². The number of methoxy groups -OCH3 is 2. The van der Waals surface area contributed by atoms with E-state index in [9.17, 15) is 20.4 Å². The summed E-state index contributed by atoms with van der Waals surface area (Å²) >= 11 is 0. The van der Waals surface area contributed by atoms with E-state index in [1.807, 2.05) is 0 Å². The molecule has 0 amide bonds. The first-order chi connectivity index (χ1) is 12.9. The van der Waals surface area contributed by atoms with Crippen LogP contribution in [0.4, 0.5) is 0 Å². The Balaban J connectivity index is 1.83. The van der Waals surface area contributed by atoms with Gasteiger partial charge in [-0.1, -0.05) is 12.1 Å². The quantitative estimate of drug-likeness (QED) is 0.606. The van der Waals surface area contributed by atoms with Crippen LogP contribution in [0.1, 0.15) is 11.1 Å². The van der Waals surface area contributed by atoms with Crippen LogP contribution in [0.3, 0.4) is 0 Å². The van der Waals surface area contributed by atoms with Gasteiger partial charge in [-0.25, -0.2) is 0 Å². The molecular formula is C20H24O7. The lowest BCUT2D eigenvalue weighted by Crippen LogP contribution is -2.46. The molecule has 4 N–H and O–H groups in total. The van der Waals surface area contributed by atoms with Gasteiger partial charge in [0.25, 0.3) is 0 Å². The van der Waals surface area contributed by atoms with E-state index in [0.717, 1.165) is 5.56 Å². The maximum atomic E-state index is 11.2. The number of phenols is 2. The molecule has 0 aromatic heterocycles. The van der Waals surface area contributed by atoms with Crippen molar-refractivity contribution in [2.75, 3.05) is 20.8 Å². The Bertz CT molecular complexity index is 807. The predicted molar refractivity (Wildman–Crippen MR) is 97.1 cm³/mol. The van der Waals surface area contributed by atoms with E-state index < -0.39 is 11.9 Å². The Kier molecular flexibility index (Phi) is 5.46. The number of aromatic hydroxyl groups is 2. The number of aliphatic hydroxyl groups is 2. The van der Waals surface area contributed by atoms with Gasteiger partial charge in [-0.3, -0.25) is 0 Å². The molecule has 1 aliphatic heterocycles. The summed E-state index contributed by atoms with van der Waals surface area (Å²) in [6.45, 7) is 0.191. The van der Waals surface area contributed by atoms with Gasteiger partial charge in [0.2, 0.25) is 0 Å². The first kappa shape index (κ1) is 19.3. The van der Waals surface area contributed by atoms with Crippen LogP contribution in [0.25, 0.3) is 0 Å². The van der Waals surface area contributed by atoms with Crippen molar-refractivity contribution in [3.8, 4) is 23.0 Å². The van der Waals surface area contributed by atoms with E-state index in [2.05, 4.69) is 0 Å². The molecule has 3 rings (SSSR count). The molecule has 1 saturated heterocycles. The van der Waals surface area contributed by atoms with Gasteiger partial charge in [0.1, 0.15) is 5.60 Å². The Morgan fingerprint density at radius 3 is 2.15 bits per heavy atom. The number of ether oxygens (including phenoxy) is 3. The highest BCUT2D eigenvalue weighted by atomic mass is 16.6. The molecular weight excluding hydrogens is 352 g/mol. The maximum absolute atomic E-state index is 11.2. The molecule has 2 aromatic rings. The minimum atomic E-state index is -1.51. The standard InChI is InChI=1S/C20H24O7/c1-25-17-8-12(3-5-15(17)21)7-14-11-27-19(23)20(14,24)10-13-4-6-16(22)18(9-13)26-2/h3-6,8-9,14,19,21-24H,7,10-11H2,1-2H3/t14?,19?,20-/m0/s1. The lowest BCUT2D eigenvalue weighted by Gasteiger charge is -2.31. The van der Waals surface area contributed by atoms with Crippen molar-refractivity contribution < 1.29 is 34.6 Å². The zero-order valence-corrected chi connectivity index (χ0v) is 15.3. The number of hydrogen-bond donors (Lipinski definition) is 4. The van der Waals surface area contributed by atoms with Gasteiger partial charge < -0.3 is 34.6 Å². The van der Waals surface area contributed by atoms with Crippen LogP contribution in [0, 0.1) is 5.92 Å². The SMILES string of the molecule is COc1cc(CC2COC(O)[C@]2(O)Cc2ccc(O)c(OC)c2)ccc1O. The first-order valence-corrected chi connectivity index (χ1v) is 8.61. The summed E-state index contributed by atoms with van der Waals surface area (Å²) in [5, 5.41) is 40.9. The molecule has 0 saturated carbocycles. The average Bonchev–Trinajstić information content (AvgIpc) is 2.92. The lowest BCUT2D eigenvalue weighted by atomic mass is 9.80. The average molecular weight is 376 g/mol. The van der Waals surface area contributed by atoms with Gasteiger partial charge in [-0.2, -0.15) is 0 Å². The Morgan fingerprint density at radius 2 is 1.56 bits per heavy atom. The molecule has 7 heteroatoms. The minimum Gasteiger partial charge on any atom is -0.504 e. The van der Waals surface area contributed by atoms with E-state index >= 15 is 0 Å². The van der Waals surface area contributed by atoms with E-state index in [4.69, 9.17) is 14.2 Å². The topological polar surface area (TPSA) is 109 Å². The van der Waals surface area contributed by atoms with Crippen LogP contribution in [-0.4, -0.2) is 53.1 Å². The molecule has 146 valence electrons. The van der Waals surface area contributed by atoms with E-state index in [-0.39, 0.29) is 30.4 Å². The number of aliphatic hydroxyl groups excluding tert-OH is 1. The molecule has 0 aliphatic carbocycles. The number of hydrogen-bond acceptors (Lipinski definition) is 7. The smallest absolute Gasteiger partial charge is 0.184 e. The molecule has 27 heavy (non-hydrogen) atoms. The van der Waals surface area contributed by atoms with Crippen LogP contribution in [0.2, 0.25) is 0 Å². The molecule has 0 spiro atoms. The summed E-state index contributed by atoms with van der Waals surface area (Å²) in [5.74, 6) is 0.309. The highest BCUT2D eigenvalue weighted by Crippen LogP contribution is 2.38. The second-order valence-corrected chi connectivity index (χ2v) is 6.77. The Hall–Kier alpha value is -2.48. The monoisotopic (exact) mass is 376 g/mol. The normalized spacial score (nSPS) is 24.7. The predicted octanol–water partition coefficient (Wildman–Crippen LogP) is 1.60. The highest BCUT2D eigenvalue weighted by molar-refractivity contribution is 5.43. The second-order valence-electron chi connectivity index (χ2n) is 6.77. The molecule has 0 radical (unpaired) electrons. The lowest BCUT2D eigenvalue weighted by molar-refractivity contribution is -0.163. The third-order valence-corrected chi connectivity index (χ3v) is 5.05. The molecule has 0 bridgehead atoms. The van der Waals surface area contributed by atoms with Crippen molar-refractivity contribution in [3.63, 3.8) is 0 Å². The van der Waals surface area contributed by atoms with Crippen LogP contribution in [0.5, 0.6) is 23.0 Å². The summed E-state index contributed by atoms with van der Waals surface area (Å²) in [4.78, 5) is 0. The molecule has 3 atom stereocenters. The maximum Gasteiger partial charge on any atom is 0.184 e. The third kappa shape index (κ3) is 3.80. The second kappa shape index (κ2) is 7.64. The third-order valence-electron chi connectivity index (χ3n) is 5.05. The molecule has 2 aromatic carbocycles. The minimum absolute atomic E-state index is 0.00389. The van der Waals surface area contributed by atoms with Crippen LogP contribution in [0.15, 0.2) is 36.4 Å². The van der Waals surface area contributed by atoms with Crippen LogP contribution in [-0.2, 0) is 17.6 Å². The molecule has 7 nitrogen and oxygen atoms in total. The number of rotatable bonds is 6. The van der Waals surface area contributed by atoms with Crippen molar-refractivity contribution in [3.05, 3.63) is 47.5 Å². The van der Waals surface area contributed by atoms with Gasteiger partial charge >= 0.3 is 0 Å². The first-order valence-electron chi connectivity index (χ1n) is 8.61. The number of phenolic OH excluding ortho intramolecular Hbond substituents is 2. The fourth-order valence-electron chi connectivity index (χ4n) is 3.46. The van der Waals surface area contributed by atoms with E-state index in [1.165, 1.54) is 26.4 Å². The van der Waals surface area contributed by atoms with Crippen molar-refractivity contribution in [1.29, 1.82) is 0 Å².